The van der Waals surface area contributed by atoms with Crippen molar-refractivity contribution in [1.29, 1.82) is 0 Å². The molecule has 0 unspecified atom stereocenters. The van der Waals surface area contributed by atoms with E-state index in [1.807, 2.05) is 7.05 Å². The van der Waals surface area contributed by atoms with Gasteiger partial charge in [-0.15, -0.1) is 0 Å². The molecule has 2 heterocycles. The summed E-state index contributed by atoms with van der Waals surface area (Å²) in [6.07, 6.45) is 4.35. The third kappa shape index (κ3) is 4.16. The van der Waals surface area contributed by atoms with Gasteiger partial charge in [0.05, 0.1) is 34.0 Å². The van der Waals surface area contributed by atoms with E-state index in [9.17, 15) is 14.4 Å². The van der Waals surface area contributed by atoms with Crippen LogP contribution < -0.4 is 0 Å². The SMILES string of the molecule is CN(Cc1c(Br)cnn1C)C(=O)CCCCCN1C(=O)c2ccccc2C1=O. The van der Waals surface area contributed by atoms with Gasteiger partial charge in [-0.1, -0.05) is 18.6 Å². The smallest absolute Gasteiger partial charge is 0.261 e. The van der Waals surface area contributed by atoms with Crippen molar-refractivity contribution in [2.45, 2.75) is 32.2 Å². The Morgan fingerprint density at radius 1 is 1.11 bits per heavy atom. The number of aromatic nitrogens is 2. The Labute approximate surface area is 172 Å². The number of carbonyl (C=O) groups excluding carboxylic acids is 3. The summed E-state index contributed by atoms with van der Waals surface area (Å²) in [5.74, 6) is -0.384. The van der Waals surface area contributed by atoms with Gasteiger partial charge in [-0.3, -0.25) is 24.0 Å². The minimum Gasteiger partial charge on any atom is -0.340 e. The molecule has 3 amide bonds. The van der Waals surface area contributed by atoms with Crippen molar-refractivity contribution >= 4 is 33.7 Å². The molecule has 1 aliphatic rings. The van der Waals surface area contributed by atoms with Crippen LogP contribution >= 0.6 is 15.9 Å². The zero-order chi connectivity index (χ0) is 20.3. The van der Waals surface area contributed by atoms with E-state index in [0.717, 1.165) is 23.0 Å². The van der Waals surface area contributed by atoms with Crippen molar-refractivity contribution in [2.75, 3.05) is 13.6 Å². The first-order chi connectivity index (χ1) is 13.4. The second kappa shape index (κ2) is 8.68. The number of carbonyl (C=O) groups is 3. The molecular weight excluding hydrogens is 424 g/mol. The molecule has 1 aliphatic heterocycles. The van der Waals surface area contributed by atoms with Gasteiger partial charge in [0.15, 0.2) is 0 Å². The fourth-order valence-corrected chi connectivity index (χ4v) is 3.76. The van der Waals surface area contributed by atoms with Gasteiger partial charge < -0.3 is 4.90 Å². The molecule has 28 heavy (non-hydrogen) atoms. The van der Waals surface area contributed by atoms with Crippen LogP contribution in [0.25, 0.3) is 0 Å². The van der Waals surface area contributed by atoms with E-state index in [4.69, 9.17) is 0 Å². The van der Waals surface area contributed by atoms with Crippen LogP contribution in [-0.4, -0.2) is 50.9 Å². The van der Waals surface area contributed by atoms with E-state index >= 15 is 0 Å². The maximum atomic E-state index is 12.3. The van der Waals surface area contributed by atoms with Crippen LogP contribution in [-0.2, 0) is 18.4 Å². The molecule has 0 saturated heterocycles. The quantitative estimate of drug-likeness (QED) is 0.461. The van der Waals surface area contributed by atoms with Crippen molar-refractivity contribution in [1.82, 2.24) is 19.6 Å². The Morgan fingerprint density at radius 3 is 2.32 bits per heavy atom. The van der Waals surface area contributed by atoms with Crippen LogP contribution in [0.4, 0.5) is 0 Å². The number of unbranched alkanes of at least 4 members (excludes halogenated alkanes) is 2. The molecule has 0 bridgehead atoms. The Morgan fingerprint density at radius 2 is 1.75 bits per heavy atom. The van der Waals surface area contributed by atoms with Crippen molar-refractivity contribution in [3.8, 4) is 0 Å². The van der Waals surface area contributed by atoms with Crippen LogP contribution in [0.2, 0.25) is 0 Å². The van der Waals surface area contributed by atoms with Crippen molar-refractivity contribution in [3.63, 3.8) is 0 Å². The number of imide groups is 1. The molecule has 148 valence electrons. The van der Waals surface area contributed by atoms with Crippen LogP contribution in [0, 0.1) is 0 Å². The first-order valence-corrected chi connectivity index (χ1v) is 10.0. The van der Waals surface area contributed by atoms with Gasteiger partial charge >= 0.3 is 0 Å². The molecule has 0 N–H and O–H groups in total. The fraction of sp³-hybridized carbons (Fsp3) is 0.400. The van der Waals surface area contributed by atoms with Crippen molar-refractivity contribution < 1.29 is 14.4 Å². The number of halogens is 1. The average molecular weight is 447 g/mol. The number of fused-ring (bicyclic) bond motifs is 1. The first kappa shape index (κ1) is 20.3. The molecular formula is C20H23BrN4O3. The second-order valence-electron chi connectivity index (χ2n) is 6.93. The maximum absolute atomic E-state index is 12.3. The highest BCUT2D eigenvalue weighted by atomic mass is 79.9. The van der Waals surface area contributed by atoms with Gasteiger partial charge in [-0.2, -0.15) is 5.10 Å². The van der Waals surface area contributed by atoms with E-state index in [2.05, 4.69) is 21.0 Å². The lowest BCUT2D eigenvalue weighted by Gasteiger charge is -2.18. The van der Waals surface area contributed by atoms with Gasteiger partial charge in [-0.05, 0) is 40.9 Å². The van der Waals surface area contributed by atoms with Crippen LogP contribution in [0.3, 0.4) is 0 Å². The lowest BCUT2D eigenvalue weighted by molar-refractivity contribution is -0.130. The van der Waals surface area contributed by atoms with E-state index in [0.29, 0.717) is 37.1 Å². The van der Waals surface area contributed by atoms with Gasteiger partial charge in [0.25, 0.3) is 11.8 Å². The minimum atomic E-state index is -0.224. The number of rotatable bonds is 8. The summed E-state index contributed by atoms with van der Waals surface area (Å²) in [5, 5.41) is 4.15. The third-order valence-corrected chi connectivity index (χ3v) is 5.64. The number of benzene rings is 1. The summed E-state index contributed by atoms with van der Waals surface area (Å²) in [4.78, 5) is 39.9. The standard InChI is InChI=1S/C20H23BrN4O3/c1-23(13-17-16(21)12-22-24(17)2)18(26)10-4-3-7-11-25-19(27)14-8-5-6-9-15(14)20(25)28/h5-6,8-9,12H,3-4,7,10-11,13H2,1-2H3. The van der Waals surface area contributed by atoms with Gasteiger partial charge in [0.1, 0.15) is 0 Å². The lowest BCUT2D eigenvalue weighted by Crippen LogP contribution is -2.30. The highest BCUT2D eigenvalue weighted by Gasteiger charge is 2.34. The van der Waals surface area contributed by atoms with Gasteiger partial charge in [-0.25, -0.2) is 0 Å². The average Bonchev–Trinajstić information content (AvgIpc) is 3.13. The van der Waals surface area contributed by atoms with E-state index in [1.54, 1.807) is 47.1 Å². The van der Waals surface area contributed by atoms with Crippen molar-refractivity contribution in [2.24, 2.45) is 7.05 Å². The number of aryl methyl sites for hydroxylation is 1. The summed E-state index contributed by atoms with van der Waals surface area (Å²) in [6, 6.07) is 6.90. The minimum absolute atomic E-state index is 0.0637. The highest BCUT2D eigenvalue weighted by Crippen LogP contribution is 2.23. The number of nitrogens with zero attached hydrogens (tertiary/aromatic N) is 4. The van der Waals surface area contributed by atoms with E-state index < -0.39 is 0 Å². The van der Waals surface area contributed by atoms with Gasteiger partial charge in [0.2, 0.25) is 5.91 Å². The number of hydrogen-bond donors (Lipinski definition) is 0. The molecule has 1 aromatic heterocycles. The Bertz CT molecular complexity index is 854. The van der Waals surface area contributed by atoms with Crippen LogP contribution in [0.1, 0.15) is 52.1 Å². The highest BCUT2D eigenvalue weighted by molar-refractivity contribution is 9.10. The fourth-order valence-electron chi connectivity index (χ4n) is 3.28. The maximum Gasteiger partial charge on any atom is 0.261 e. The lowest BCUT2D eigenvalue weighted by atomic mass is 10.1. The summed E-state index contributed by atoms with van der Waals surface area (Å²) >= 11 is 3.44. The van der Waals surface area contributed by atoms with Crippen LogP contribution in [0.15, 0.2) is 34.9 Å². The second-order valence-corrected chi connectivity index (χ2v) is 7.79. The normalized spacial score (nSPS) is 13.2. The summed E-state index contributed by atoms with van der Waals surface area (Å²) in [6.45, 7) is 0.878. The van der Waals surface area contributed by atoms with Gasteiger partial charge in [0, 0.05) is 27.1 Å². The first-order valence-electron chi connectivity index (χ1n) is 9.25. The molecule has 3 rings (SSSR count). The molecule has 0 radical (unpaired) electrons. The molecule has 1 aromatic carbocycles. The predicted molar refractivity (Wildman–Crippen MR) is 108 cm³/mol. The monoisotopic (exact) mass is 446 g/mol. The third-order valence-electron chi connectivity index (χ3n) is 4.97. The Balaban J connectivity index is 1.40. The van der Waals surface area contributed by atoms with E-state index in [-0.39, 0.29) is 17.7 Å². The Kier molecular flexibility index (Phi) is 6.28. The summed E-state index contributed by atoms with van der Waals surface area (Å²) in [5.41, 5.74) is 1.90. The molecule has 0 spiro atoms. The van der Waals surface area contributed by atoms with Crippen LogP contribution in [0.5, 0.6) is 0 Å². The summed E-state index contributed by atoms with van der Waals surface area (Å²) in [7, 11) is 3.62. The van der Waals surface area contributed by atoms with Crippen molar-refractivity contribution in [3.05, 3.63) is 51.8 Å². The topological polar surface area (TPSA) is 75.5 Å². The number of hydrogen-bond acceptors (Lipinski definition) is 4. The molecule has 0 atom stereocenters. The zero-order valence-electron chi connectivity index (χ0n) is 16.0. The van der Waals surface area contributed by atoms with E-state index in [1.165, 1.54) is 4.90 Å². The Hall–Kier alpha value is -2.48. The zero-order valence-corrected chi connectivity index (χ0v) is 17.6. The predicted octanol–water partition coefficient (Wildman–Crippen LogP) is 3.00. The number of amides is 3. The molecule has 0 saturated carbocycles. The molecule has 7 nitrogen and oxygen atoms in total. The molecule has 2 aromatic rings. The molecule has 8 heteroatoms. The molecule has 0 aliphatic carbocycles. The largest absolute Gasteiger partial charge is 0.340 e. The molecule has 0 fully saturated rings. The summed E-state index contributed by atoms with van der Waals surface area (Å²) < 4.78 is 2.63.